The monoisotopic (exact) mass is 528 g/mol. The van der Waals surface area contributed by atoms with Gasteiger partial charge >= 0.3 is 6.03 Å². The second-order valence-electron chi connectivity index (χ2n) is 9.26. The zero-order valence-corrected chi connectivity index (χ0v) is 22.2. The Hall–Kier alpha value is -3.98. The Balaban J connectivity index is 1.57. The summed E-state index contributed by atoms with van der Waals surface area (Å²) in [4.78, 5) is 32.1. The fraction of sp³-hybridized carbons (Fsp3) is 0.276. The lowest BCUT2D eigenvalue weighted by molar-refractivity contribution is 0.100. The van der Waals surface area contributed by atoms with Crippen LogP contribution in [0.4, 0.5) is 16.2 Å². The number of hydrogen-bond donors (Lipinski definition) is 3. The van der Waals surface area contributed by atoms with Crippen LogP contribution in [0.25, 0.3) is 0 Å². The fourth-order valence-electron chi connectivity index (χ4n) is 4.66. The zero-order valence-electron chi connectivity index (χ0n) is 21.4. The Bertz CT molecular complexity index is 1300. The van der Waals surface area contributed by atoms with Gasteiger partial charge in [0.2, 0.25) is 5.96 Å². The summed E-state index contributed by atoms with van der Waals surface area (Å²) in [5.74, 6) is -0.394. The second-order valence-corrected chi connectivity index (χ2v) is 10.1. The van der Waals surface area contributed by atoms with Crippen molar-refractivity contribution in [2.45, 2.75) is 49.5 Å². The second kappa shape index (κ2) is 13.0. The van der Waals surface area contributed by atoms with E-state index in [1.165, 1.54) is 37.7 Å². The van der Waals surface area contributed by atoms with Crippen LogP contribution in [-0.4, -0.2) is 24.2 Å². The molecule has 0 unspecified atom stereocenters. The molecule has 0 radical (unpaired) electrons. The molecular weight excluding hydrogens is 496 g/mol. The molecule has 3 amide bonds. The summed E-state index contributed by atoms with van der Waals surface area (Å²) in [6.45, 7) is 0.304. The molecular formula is C29H32N6O2S. The summed E-state index contributed by atoms with van der Waals surface area (Å²) in [7, 11) is 0. The van der Waals surface area contributed by atoms with Gasteiger partial charge in [-0.25, -0.2) is 10.3 Å². The number of guanidine groups is 1. The molecule has 0 heterocycles. The van der Waals surface area contributed by atoms with Crippen molar-refractivity contribution >= 4 is 41.0 Å². The van der Waals surface area contributed by atoms with E-state index in [1.54, 1.807) is 40.9 Å². The molecule has 1 fully saturated rings. The number of aliphatic imine (C=N–C) groups is 1. The first-order valence-electron chi connectivity index (χ1n) is 12.6. The summed E-state index contributed by atoms with van der Waals surface area (Å²) in [5.41, 5.74) is 16.2. The molecule has 196 valence electrons. The number of nitrogens with one attached hydrogen (secondary N) is 2. The van der Waals surface area contributed by atoms with Crippen molar-refractivity contribution in [1.29, 1.82) is 5.53 Å². The van der Waals surface area contributed by atoms with E-state index in [0.29, 0.717) is 18.0 Å². The maximum absolute atomic E-state index is 13.5. The molecule has 0 spiro atoms. The standard InChI is InChI=1S/C29H32N6O2S/c1-38-26-9-5-8-24(18-26)32-29(37)35(25-16-14-22(15-17-25)21-6-3-2-4-7-21)19-20-10-12-23(13-11-20)27(36)33-28(30)34-31/h5,8-18,21,31H,2-4,6-7,19H2,1H3,(H,32,37)(H2,30,33,36). The van der Waals surface area contributed by atoms with Crippen molar-refractivity contribution in [3.8, 4) is 0 Å². The normalized spacial score (nSPS) is 14.1. The molecule has 0 bridgehead atoms. The van der Waals surface area contributed by atoms with Crippen LogP contribution in [0.2, 0.25) is 0 Å². The number of nitrogens with zero attached hydrogens (tertiary/aromatic N) is 3. The van der Waals surface area contributed by atoms with Gasteiger partial charge in [-0.15, -0.1) is 16.9 Å². The van der Waals surface area contributed by atoms with Gasteiger partial charge < -0.3 is 11.1 Å². The van der Waals surface area contributed by atoms with Crippen LogP contribution in [0.5, 0.6) is 0 Å². The molecule has 4 N–H and O–H groups in total. The third kappa shape index (κ3) is 7.07. The largest absolute Gasteiger partial charge is 0.366 e. The lowest BCUT2D eigenvalue weighted by Crippen LogP contribution is -2.34. The van der Waals surface area contributed by atoms with Crippen molar-refractivity contribution in [1.82, 2.24) is 0 Å². The molecule has 4 rings (SSSR count). The third-order valence-corrected chi connectivity index (χ3v) is 7.45. The minimum absolute atomic E-state index is 0.247. The van der Waals surface area contributed by atoms with Crippen molar-refractivity contribution < 1.29 is 9.59 Å². The number of carbonyl (C=O) groups is 2. The molecule has 8 nitrogen and oxygen atoms in total. The Morgan fingerprint density at radius 2 is 1.74 bits per heavy atom. The molecule has 3 aromatic carbocycles. The molecule has 38 heavy (non-hydrogen) atoms. The first kappa shape index (κ1) is 27.1. The highest BCUT2D eigenvalue weighted by Gasteiger charge is 2.20. The highest BCUT2D eigenvalue weighted by molar-refractivity contribution is 7.98. The fourth-order valence-corrected chi connectivity index (χ4v) is 5.12. The van der Waals surface area contributed by atoms with E-state index in [1.807, 2.05) is 42.7 Å². The Kier molecular flexibility index (Phi) is 9.26. The van der Waals surface area contributed by atoms with E-state index in [2.05, 4.69) is 27.6 Å². The van der Waals surface area contributed by atoms with Gasteiger partial charge in [-0.05, 0) is 78.6 Å². The first-order chi connectivity index (χ1) is 18.5. The molecule has 0 aliphatic heterocycles. The number of thioether (sulfide) groups is 1. The van der Waals surface area contributed by atoms with Crippen molar-refractivity contribution in [3.05, 3.63) is 89.5 Å². The number of carbonyl (C=O) groups excluding carboxylic acids is 2. The lowest BCUT2D eigenvalue weighted by atomic mass is 9.84. The molecule has 0 saturated heterocycles. The Labute approximate surface area is 227 Å². The molecule has 9 heteroatoms. The number of hydrogen-bond acceptors (Lipinski definition) is 4. The molecule has 1 aliphatic carbocycles. The van der Waals surface area contributed by atoms with Gasteiger partial charge in [-0.3, -0.25) is 9.69 Å². The van der Waals surface area contributed by atoms with Gasteiger partial charge in [0.15, 0.2) is 0 Å². The highest BCUT2D eigenvalue weighted by Crippen LogP contribution is 2.33. The first-order valence-corrected chi connectivity index (χ1v) is 13.9. The number of amides is 3. The van der Waals surface area contributed by atoms with Gasteiger partial charge in [0.05, 0.1) is 6.54 Å². The van der Waals surface area contributed by atoms with E-state index >= 15 is 0 Å². The van der Waals surface area contributed by atoms with E-state index in [9.17, 15) is 9.59 Å². The molecule has 0 atom stereocenters. The number of rotatable bonds is 7. The quantitative estimate of drug-likeness (QED) is 0.130. The average Bonchev–Trinajstić information content (AvgIpc) is 2.96. The predicted octanol–water partition coefficient (Wildman–Crippen LogP) is 7.18. The van der Waals surface area contributed by atoms with E-state index < -0.39 is 11.9 Å². The van der Waals surface area contributed by atoms with E-state index in [0.717, 1.165) is 21.8 Å². The summed E-state index contributed by atoms with van der Waals surface area (Å²) in [6, 6.07) is 22.6. The molecule has 1 aliphatic rings. The summed E-state index contributed by atoms with van der Waals surface area (Å²) in [5, 5.41) is 5.98. The Morgan fingerprint density at radius 3 is 2.39 bits per heavy atom. The average molecular weight is 529 g/mol. The van der Waals surface area contributed by atoms with Gasteiger partial charge in [0.25, 0.3) is 5.91 Å². The summed E-state index contributed by atoms with van der Waals surface area (Å²) >= 11 is 1.62. The van der Waals surface area contributed by atoms with E-state index in [4.69, 9.17) is 11.3 Å². The maximum atomic E-state index is 13.5. The minimum atomic E-state index is -0.577. The lowest BCUT2D eigenvalue weighted by Gasteiger charge is -2.26. The topological polar surface area (TPSA) is 124 Å². The summed E-state index contributed by atoms with van der Waals surface area (Å²) in [6.07, 6.45) is 8.27. The Morgan fingerprint density at radius 1 is 1.03 bits per heavy atom. The number of anilines is 2. The molecule has 0 aromatic heterocycles. The van der Waals surface area contributed by atoms with Crippen LogP contribution in [-0.2, 0) is 6.54 Å². The zero-order chi connectivity index (χ0) is 26.9. The van der Waals surface area contributed by atoms with Crippen LogP contribution >= 0.6 is 11.8 Å². The maximum Gasteiger partial charge on any atom is 0.326 e. The van der Waals surface area contributed by atoms with Crippen molar-refractivity contribution in [3.63, 3.8) is 0 Å². The van der Waals surface area contributed by atoms with Crippen LogP contribution in [0, 0.1) is 5.53 Å². The molecule has 3 aromatic rings. The minimum Gasteiger partial charge on any atom is -0.366 e. The summed E-state index contributed by atoms with van der Waals surface area (Å²) < 4.78 is 0. The SMILES string of the molecule is CSc1cccc(NC(=O)N(Cc2ccc(C(=O)N=C(N)N=N)cc2)c2ccc(C3CCCCC3)cc2)c1. The van der Waals surface area contributed by atoms with Gasteiger partial charge in [-0.1, -0.05) is 49.6 Å². The molecule has 1 saturated carbocycles. The van der Waals surface area contributed by atoms with Crippen LogP contribution < -0.4 is 16.0 Å². The van der Waals surface area contributed by atoms with Crippen LogP contribution in [0.15, 0.2) is 87.8 Å². The number of urea groups is 1. The van der Waals surface area contributed by atoms with Crippen molar-refractivity contribution in [2.24, 2.45) is 15.8 Å². The van der Waals surface area contributed by atoms with Crippen LogP contribution in [0.3, 0.4) is 0 Å². The van der Waals surface area contributed by atoms with Gasteiger partial charge in [0, 0.05) is 21.8 Å². The van der Waals surface area contributed by atoms with E-state index in [-0.39, 0.29) is 6.03 Å². The van der Waals surface area contributed by atoms with Gasteiger partial charge in [0.1, 0.15) is 0 Å². The highest BCUT2D eigenvalue weighted by atomic mass is 32.2. The number of nitrogens with two attached hydrogens (primary N) is 1. The number of benzene rings is 3. The predicted molar refractivity (Wildman–Crippen MR) is 153 cm³/mol. The smallest absolute Gasteiger partial charge is 0.326 e. The van der Waals surface area contributed by atoms with Gasteiger partial charge in [-0.2, -0.15) is 4.99 Å². The van der Waals surface area contributed by atoms with Crippen molar-refractivity contribution in [2.75, 3.05) is 16.5 Å². The van der Waals surface area contributed by atoms with Crippen LogP contribution in [0.1, 0.15) is 59.5 Å². The third-order valence-electron chi connectivity index (χ3n) is 6.72.